The van der Waals surface area contributed by atoms with E-state index >= 15 is 0 Å². The second-order valence-electron chi connectivity index (χ2n) is 6.15. The van der Waals surface area contributed by atoms with Crippen molar-refractivity contribution < 1.29 is 14.6 Å². The first-order valence-corrected chi connectivity index (χ1v) is 9.78. The van der Waals surface area contributed by atoms with Crippen LogP contribution in [0, 0.1) is 13.8 Å². The van der Waals surface area contributed by atoms with Gasteiger partial charge in [0.25, 0.3) is 0 Å². The lowest BCUT2D eigenvalue weighted by Crippen LogP contribution is -2.03. The fourth-order valence-corrected chi connectivity index (χ4v) is 4.48. The van der Waals surface area contributed by atoms with E-state index in [9.17, 15) is 9.90 Å². The average molecular weight is 409 g/mol. The number of hydrogen-bond donors (Lipinski definition) is 1. The van der Waals surface area contributed by atoms with E-state index in [0.717, 1.165) is 37.5 Å². The smallest absolute Gasteiger partial charge is 0.346 e. The van der Waals surface area contributed by atoms with Gasteiger partial charge in [0.1, 0.15) is 10.6 Å². The first-order chi connectivity index (χ1) is 12.4. The predicted molar refractivity (Wildman–Crippen MR) is 109 cm³/mol. The molecular weight excluding hydrogens is 391 g/mol. The number of halogens is 2. The highest BCUT2D eigenvalue weighted by Crippen LogP contribution is 2.36. The van der Waals surface area contributed by atoms with Crippen molar-refractivity contribution in [1.29, 1.82) is 0 Å². The van der Waals surface area contributed by atoms with Crippen LogP contribution in [-0.2, 0) is 6.42 Å². The van der Waals surface area contributed by atoms with Gasteiger partial charge >= 0.3 is 5.97 Å². The summed E-state index contributed by atoms with van der Waals surface area (Å²) in [5.74, 6) is -0.136. The van der Waals surface area contributed by atoms with E-state index in [-0.39, 0.29) is 0 Å². The molecule has 0 amide bonds. The fraction of sp³-hybridized carbons (Fsp3) is 0.250. The van der Waals surface area contributed by atoms with E-state index in [2.05, 4.69) is 0 Å². The van der Waals surface area contributed by atoms with Crippen LogP contribution >= 0.6 is 34.5 Å². The summed E-state index contributed by atoms with van der Waals surface area (Å²) in [6.07, 6.45) is 1.33. The second-order valence-corrected chi connectivity index (χ2v) is 7.96. The molecule has 0 aliphatic heterocycles. The molecule has 0 saturated heterocycles. The van der Waals surface area contributed by atoms with Crippen LogP contribution in [0.5, 0.6) is 5.75 Å². The van der Waals surface area contributed by atoms with Gasteiger partial charge in [-0.25, -0.2) is 4.79 Å². The van der Waals surface area contributed by atoms with Crippen LogP contribution in [0.15, 0.2) is 30.3 Å². The van der Waals surface area contributed by atoms with E-state index in [0.29, 0.717) is 29.3 Å². The predicted octanol–water partition coefficient (Wildman–Crippen LogP) is 6.53. The molecule has 1 heterocycles. The van der Waals surface area contributed by atoms with E-state index in [1.54, 1.807) is 6.07 Å². The number of fused-ring (bicyclic) bond motifs is 1. The number of aryl methyl sites for hydroxylation is 3. The Kier molecular flexibility index (Phi) is 5.76. The van der Waals surface area contributed by atoms with Gasteiger partial charge in [-0.2, -0.15) is 0 Å². The lowest BCUT2D eigenvalue weighted by atomic mass is 10.1. The minimum Gasteiger partial charge on any atom is -0.494 e. The number of rotatable bonds is 6. The Balaban J connectivity index is 1.73. The zero-order valence-corrected chi connectivity index (χ0v) is 16.8. The molecule has 1 N–H and O–H groups in total. The van der Waals surface area contributed by atoms with Crippen LogP contribution in [0.4, 0.5) is 0 Å². The molecule has 26 heavy (non-hydrogen) atoms. The zero-order chi connectivity index (χ0) is 18.8. The summed E-state index contributed by atoms with van der Waals surface area (Å²) in [4.78, 5) is 11.9. The van der Waals surface area contributed by atoms with Gasteiger partial charge in [0.05, 0.1) is 16.3 Å². The van der Waals surface area contributed by atoms with Crippen LogP contribution in [-0.4, -0.2) is 17.7 Å². The quantitative estimate of drug-likeness (QED) is 0.471. The van der Waals surface area contributed by atoms with Crippen molar-refractivity contribution in [3.63, 3.8) is 0 Å². The van der Waals surface area contributed by atoms with Crippen LogP contribution < -0.4 is 4.74 Å². The van der Waals surface area contributed by atoms with E-state index < -0.39 is 5.97 Å². The first kappa shape index (κ1) is 19.0. The maximum Gasteiger partial charge on any atom is 0.346 e. The molecular formula is C20H18Cl2O3S. The summed E-state index contributed by atoms with van der Waals surface area (Å²) in [7, 11) is 0. The molecule has 0 spiro atoms. The Bertz CT molecular complexity index is 956. The number of carboxylic acid groups (broad SMARTS) is 1. The summed E-state index contributed by atoms with van der Waals surface area (Å²) < 4.78 is 6.65. The maximum atomic E-state index is 11.6. The summed E-state index contributed by atoms with van der Waals surface area (Å²) in [6.45, 7) is 4.39. The van der Waals surface area contributed by atoms with Gasteiger partial charge in [0, 0.05) is 5.02 Å². The number of hydrogen-bond acceptors (Lipinski definition) is 3. The van der Waals surface area contributed by atoms with Crippen LogP contribution in [0.2, 0.25) is 10.0 Å². The molecule has 3 nitrogen and oxygen atoms in total. The van der Waals surface area contributed by atoms with Crippen molar-refractivity contribution in [3.8, 4) is 5.75 Å². The topological polar surface area (TPSA) is 46.5 Å². The molecule has 1 aromatic heterocycles. The fourth-order valence-electron chi connectivity index (χ4n) is 2.99. The Morgan fingerprint density at radius 3 is 2.54 bits per heavy atom. The van der Waals surface area contributed by atoms with Gasteiger partial charge < -0.3 is 9.84 Å². The van der Waals surface area contributed by atoms with Crippen molar-refractivity contribution >= 4 is 50.6 Å². The number of carbonyl (C=O) groups is 1. The number of thiophene rings is 1. The Morgan fingerprint density at radius 1 is 1.19 bits per heavy atom. The maximum absolute atomic E-state index is 11.6. The van der Waals surface area contributed by atoms with Crippen molar-refractivity contribution in [2.45, 2.75) is 26.7 Å². The highest BCUT2D eigenvalue weighted by Gasteiger charge is 2.18. The first-order valence-electron chi connectivity index (χ1n) is 8.21. The zero-order valence-electron chi connectivity index (χ0n) is 14.4. The third-order valence-corrected chi connectivity index (χ3v) is 6.51. The third kappa shape index (κ3) is 3.83. The van der Waals surface area contributed by atoms with Gasteiger partial charge in [0.15, 0.2) is 0 Å². The summed E-state index contributed by atoms with van der Waals surface area (Å²) in [5.41, 5.74) is 2.79. The Labute approximate surface area is 166 Å². The average Bonchev–Trinajstić information content (AvgIpc) is 2.97. The largest absolute Gasteiger partial charge is 0.494 e. The minimum atomic E-state index is -0.915. The molecule has 0 unspecified atom stereocenters. The molecule has 6 heteroatoms. The summed E-state index contributed by atoms with van der Waals surface area (Å²) in [5, 5.41) is 11.8. The lowest BCUT2D eigenvalue weighted by Gasteiger charge is -2.10. The van der Waals surface area contributed by atoms with Gasteiger partial charge in [-0.05, 0) is 67.0 Å². The molecule has 0 fully saturated rings. The van der Waals surface area contributed by atoms with Gasteiger partial charge in [-0.15, -0.1) is 11.3 Å². The lowest BCUT2D eigenvalue weighted by molar-refractivity contribution is 0.0701. The molecule has 0 radical (unpaired) electrons. The normalized spacial score (nSPS) is 11.1. The molecule has 0 atom stereocenters. The minimum absolute atomic E-state index is 0.353. The van der Waals surface area contributed by atoms with Gasteiger partial charge in [0.2, 0.25) is 0 Å². The second kappa shape index (κ2) is 7.87. The molecule has 2 aromatic carbocycles. The van der Waals surface area contributed by atoms with Crippen LogP contribution in [0.3, 0.4) is 0 Å². The highest BCUT2D eigenvalue weighted by atomic mass is 35.5. The third-order valence-electron chi connectivity index (χ3n) is 4.21. The number of benzene rings is 2. The number of ether oxygens (including phenoxy) is 1. The molecule has 0 aliphatic rings. The Hall–Kier alpha value is -1.75. The molecule has 0 bridgehead atoms. The van der Waals surface area contributed by atoms with Crippen molar-refractivity contribution in [2.24, 2.45) is 0 Å². The number of aromatic carboxylic acids is 1. The molecule has 136 valence electrons. The standard InChI is InChI=1S/C20H18Cl2O3S/c1-11-9-13(10-12(2)17(11)22)25-8-4-6-15-14-5-3-7-16(21)18(14)26-19(15)20(23)24/h3,5,7,9-10H,4,6,8H2,1-2H3,(H,23,24). The molecule has 0 aliphatic carbocycles. The van der Waals surface area contributed by atoms with Crippen molar-refractivity contribution in [2.75, 3.05) is 6.61 Å². The summed E-state index contributed by atoms with van der Waals surface area (Å²) in [6, 6.07) is 9.38. The van der Waals surface area contributed by atoms with E-state index in [1.165, 1.54) is 11.3 Å². The SMILES string of the molecule is Cc1cc(OCCCc2c(C(=O)O)sc3c(Cl)cccc23)cc(C)c1Cl. The molecule has 3 rings (SSSR count). The van der Waals surface area contributed by atoms with E-state index in [1.807, 2.05) is 38.1 Å². The van der Waals surface area contributed by atoms with E-state index in [4.69, 9.17) is 27.9 Å². The van der Waals surface area contributed by atoms with Crippen LogP contribution in [0.1, 0.15) is 32.8 Å². The molecule has 3 aromatic rings. The Morgan fingerprint density at radius 2 is 1.88 bits per heavy atom. The highest BCUT2D eigenvalue weighted by molar-refractivity contribution is 7.21. The monoisotopic (exact) mass is 408 g/mol. The van der Waals surface area contributed by atoms with Gasteiger partial charge in [-0.1, -0.05) is 35.3 Å². The molecule has 0 saturated carbocycles. The van der Waals surface area contributed by atoms with Crippen LogP contribution in [0.25, 0.3) is 10.1 Å². The van der Waals surface area contributed by atoms with Crippen molar-refractivity contribution in [3.05, 3.63) is 61.9 Å². The number of carboxylic acids is 1. The van der Waals surface area contributed by atoms with Gasteiger partial charge in [-0.3, -0.25) is 0 Å². The van der Waals surface area contributed by atoms with Crippen molar-refractivity contribution in [1.82, 2.24) is 0 Å². The summed E-state index contributed by atoms with van der Waals surface area (Å²) >= 11 is 13.6.